The lowest BCUT2D eigenvalue weighted by Crippen LogP contribution is -2.36. The molecule has 1 fully saturated rings. The molecule has 0 saturated carbocycles. The minimum absolute atomic E-state index is 0.187. The molecule has 0 bridgehead atoms. The van der Waals surface area contributed by atoms with Crippen molar-refractivity contribution in [3.63, 3.8) is 0 Å². The summed E-state index contributed by atoms with van der Waals surface area (Å²) in [6, 6.07) is 6.97. The highest BCUT2D eigenvalue weighted by atomic mass is 32.2. The first-order valence-corrected chi connectivity index (χ1v) is 11.1. The topological polar surface area (TPSA) is 74.8 Å². The molecule has 0 N–H and O–H groups in total. The average molecular weight is 361 g/mol. The predicted molar refractivity (Wildman–Crippen MR) is 90.2 cm³/mol. The van der Waals surface area contributed by atoms with Crippen molar-refractivity contribution in [1.29, 1.82) is 0 Å². The molecule has 2 rings (SSSR count). The molecule has 0 unspecified atom stereocenters. The Morgan fingerprint density at radius 1 is 0.913 bits per heavy atom. The molecule has 1 aliphatic rings. The van der Waals surface area contributed by atoms with Crippen LogP contribution in [0, 0.1) is 0 Å². The molecule has 0 atom stereocenters. The van der Waals surface area contributed by atoms with Crippen molar-refractivity contribution < 1.29 is 16.8 Å². The van der Waals surface area contributed by atoms with Crippen LogP contribution in [0.25, 0.3) is 0 Å². The first kappa shape index (κ1) is 18.4. The van der Waals surface area contributed by atoms with Crippen molar-refractivity contribution in [3.05, 3.63) is 29.8 Å². The van der Waals surface area contributed by atoms with Crippen LogP contribution in [-0.4, -0.2) is 57.9 Å². The van der Waals surface area contributed by atoms with E-state index in [-0.39, 0.29) is 18.0 Å². The molecule has 130 valence electrons. The van der Waals surface area contributed by atoms with Gasteiger partial charge in [-0.25, -0.2) is 21.1 Å². The standard InChI is InChI=1S/C15H24N2O4S2/c1-3-5-14-6-8-15(9-7-14)23(20,21)17-11-4-10-16(12-13-17)22(2,18)19/h6-9H,3-5,10-13H2,1-2H3. The number of benzene rings is 1. The van der Waals surface area contributed by atoms with E-state index in [0.29, 0.717) is 19.5 Å². The molecule has 1 aromatic rings. The van der Waals surface area contributed by atoms with Gasteiger partial charge >= 0.3 is 0 Å². The SMILES string of the molecule is CCCc1ccc(S(=O)(=O)N2CCCN(S(C)(=O)=O)CC2)cc1. The molecule has 1 saturated heterocycles. The van der Waals surface area contributed by atoms with E-state index in [1.54, 1.807) is 12.1 Å². The number of aryl methyl sites for hydroxylation is 1. The van der Waals surface area contributed by atoms with Gasteiger partial charge in [-0.2, -0.15) is 4.31 Å². The summed E-state index contributed by atoms with van der Waals surface area (Å²) < 4.78 is 51.4. The molecule has 8 heteroatoms. The van der Waals surface area contributed by atoms with Gasteiger partial charge in [0.1, 0.15) is 0 Å². The van der Waals surface area contributed by atoms with Crippen molar-refractivity contribution >= 4 is 20.0 Å². The average Bonchev–Trinajstić information content (AvgIpc) is 2.74. The second kappa shape index (κ2) is 7.29. The molecular formula is C15H24N2O4S2. The van der Waals surface area contributed by atoms with Crippen LogP contribution < -0.4 is 0 Å². The Labute approximate surface area is 139 Å². The van der Waals surface area contributed by atoms with Gasteiger partial charge in [0.05, 0.1) is 11.2 Å². The van der Waals surface area contributed by atoms with Crippen LogP contribution in [0.15, 0.2) is 29.2 Å². The van der Waals surface area contributed by atoms with Gasteiger partial charge in [-0.3, -0.25) is 0 Å². The maximum Gasteiger partial charge on any atom is 0.243 e. The Bertz CT molecular complexity index is 727. The summed E-state index contributed by atoms with van der Waals surface area (Å²) in [5, 5.41) is 0. The zero-order chi connectivity index (χ0) is 17.1. The Kier molecular flexibility index (Phi) is 5.83. The zero-order valence-corrected chi connectivity index (χ0v) is 15.2. The van der Waals surface area contributed by atoms with Crippen LogP contribution in [0.5, 0.6) is 0 Å². The normalized spacial score (nSPS) is 18.7. The van der Waals surface area contributed by atoms with Crippen LogP contribution in [0.2, 0.25) is 0 Å². The van der Waals surface area contributed by atoms with E-state index in [0.717, 1.165) is 24.7 Å². The number of sulfonamides is 2. The fourth-order valence-electron chi connectivity index (χ4n) is 2.71. The third-order valence-electron chi connectivity index (χ3n) is 3.98. The lowest BCUT2D eigenvalue weighted by atomic mass is 10.1. The minimum Gasteiger partial charge on any atom is -0.213 e. The van der Waals surface area contributed by atoms with Crippen LogP contribution in [0.4, 0.5) is 0 Å². The first-order chi connectivity index (χ1) is 10.7. The molecule has 0 amide bonds. The predicted octanol–water partition coefficient (Wildman–Crippen LogP) is 1.30. The molecule has 1 heterocycles. The lowest BCUT2D eigenvalue weighted by Gasteiger charge is -2.20. The van der Waals surface area contributed by atoms with Gasteiger partial charge in [-0.15, -0.1) is 0 Å². The van der Waals surface area contributed by atoms with Gasteiger partial charge in [0.25, 0.3) is 0 Å². The number of rotatable bonds is 5. The quantitative estimate of drug-likeness (QED) is 0.793. The van der Waals surface area contributed by atoms with Crippen LogP contribution in [0.1, 0.15) is 25.3 Å². The van der Waals surface area contributed by atoms with E-state index in [2.05, 4.69) is 6.92 Å². The molecule has 0 aliphatic carbocycles. The fraction of sp³-hybridized carbons (Fsp3) is 0.600. The van der Waals surface area contributed by atoms with Crippen molar-refractivity contribution in [1.82, 2.24) is 8.61 Å². The summed E-state index contributed by atoms with van der Waals surface area (Å²) in [6.45, 7) is 3.17. The van der Waals surface area contributed by atoms with Crippen LogP contribution in [-0.2, 0) is 26.5 Å². The van der Waals surface area contributed by atoms with E-state index in [1.165, 1.54) is 8.61 Å². The monoisotopic (exact) mass is 360 g/mol. The highest BCUT2D eigenvalue weighted by Crippen LogP contribution is 2.19. The van der Waals surface area contributed by atoms with E-state index >= 15 is 0 Å². The Morgan fingerprint density at radius 3 is 2.04 bits per heavy atom. The third-order valence-corrected chi connectivity index (χ3v) is 7.20. The Hall–Kier alpha value is -0.960. The van der Waals surface area contributed by atoms with Gasteiger partial charge < -0.3 is 0 Å². The van der Waals surface area contributed by atoms with E-state index in [1.807, 2.05) is 12.1 Å². The van der Waals surface area contributed by atoms with Crippen LogP contribution in [0.3, 0.4) is 0 Å². The molecule has 6 nitrogen and oxygen atoms in total. The number of hydrogen-bond donors (Lipinski definition) is 0. The smallest absolute Gasteiger partial charge is 0.213 e. The molecule has 0 radical (unpaired) electrons. The molecule has 1 aromatic carbocycles. The molecule has 23 heavy (non-hydrogen) atoms. The molecule has 1 aliphatic heterocycles. The second-order valence-corrected chi connectivity index (χ2v) is 9.73. The fourth-order valence-corrected chi connectivity index (χ4v) is 5.05. The van der Waals surface area contributed by atoms with Gasteiger partial charge in [-0.05, 0) is 30.5 Å². The number of nitrogens with zero attached hydrogens (tertiary/aromatic N) is 2. The maximum atomic E-state index is 12.7. The van der Waals surface area contributed by atoms with Crippen molar-refractivity contribution in [2.75, 3.05) is 32.4 Å². The maximum absolute atomic E-state index is 12.7. The Balaban J connectivity index is 2.16. The second-order valence-electron chi connectivity index (χ2n) is 5.81. The highest BCUT2D eigenvalue weighted by molar-refractivity contribution is 7.89. The van der Waals surface area contributed by atoms with Crippen molar-refractivity contribution in [2.24, 2.45) is 0 Å². The first-order valence-electron chi connectivity index (χ1n) is 7.79. The van der Waals surface area contributed by atoms with E-state index in [4.69, 9.17) is 0 Å². The molecule has 0 spiro atoms. The van der Waals surface area contributed by atoms with Crippen molar-refractivity contribution in [3.8, 4) is 0 Å². The third kappa shape index (κ3) is 4.53. The summed E-state index contributed by atoms with van der Waals surface area (Å²) in [5.41, 5.74) is 1.12. The summed E-state index contributed by atoms with van der Waals surface area (Å²) in [7, 11) is -6.86. The van der Waals surface area contributed by atoms with Crippen molar-refractivity contribution in [2.45, 2.75) is 31.1 Å². The zero-order valence-electron chi connectivity index (χ0n) is 13.6. The van der Waals surface area contributed by atoms with Gasteiger partial charge in [-0.1, -0.05) is 25.5 Å². The summed E-state index contributed by atoms with van der Waals surface area (Å²) in [5.74, 6) is 0. The largest absolute Gasteiger partial charge is 0.243 e. The summed E-state index contributed by atoms with van der Waals surface area (Å²) in [4.78, 5) is 0.269. The minimum atomic E-state index is -3.57. The van der Waals surface area contributed by atoms with E-state index < -0.39 is 20.0 Å². The highest BCUT2D eigenvalue weighted by Gasteiger charge is 2.29. The van der Waals surface area contributed by atoms with Gasteiger partial charge in [0.15, 0.2) is 0 Å². The van der Waals surface area contributed by atoms with E-state index in [9.17, 15) is 16.8 Å². The van der Waals surface area contributed by atoms with Crippen LogP contribution >= 0.6 is 0 Å². The van der Waals surface area contributed by atoms with Gasteiger partial charge in [0, 0.05) is 26.2 Å². The molecular weight excluding hydrogens is 336 g/mol. The summed E-state index contributed by atoms with van der Waals surface area (Å²) >= 11 is 0. The Morgan fingerprint density at radius 2 is 1.48 bits per heavy atom. The van der Waals surface area contributed by atoms with Gasteiger partial charge in [0.2, 0.25) is 20.0 Å². The molecule has 0 aromatic heterocycles. The number of hydrogen-bond acceptors (Lipinski definition) is 4. The lowest BCUT2D eigenvalue weighted by molar-refractivity contribution is 0.406. The summed E-state index contributed by atoms with van der Waals surface area (Å²) in [6.07, 6.45) is 3.59.